The average molecular weight is 370 g/mol. The predicted molar refractivity (Wildman–Crippen MR) is 103 cm³/mol. The summed E-state index contributed by atoms with van der Waals surface area (Å²) < 4.78 is 16.2. The zero-order valence-electron chi connectivity index (χ0n) is 16.0. The van der Waals surface area contributed by atoms with E-state index in [1.54, 1.807) is 10.7 Å². The van der Waals surface area contributed by atoms with Crippen LogP contribution in [0.25, 0.3) is 5.69 Å². The summed E-state index contributed by atoms with van der Waals surface area (Å²) in [6.07, 6.45) is 4.65. The van der Waals surface area contributed by atoms with Crippen LogP contribution in [0, 0.1) is 18.7 Å². The summed E-state index contributed by atoms with van der Waals surface area (Å²) in [7, 11) is 0. The second kappa shape index (κ2) is 7.08. The van der Waals surface area contributed by atoms with E-state index < -0.39 is 0 Å². The number of piperidine rings is 1. The van der Waals surface area contributed by atoms with E-state index in [2.05, 4.69) is 5.10 Å². The molecule has 5 nitrogen and oxygen atoms in total. The van der Waals surface area contributed by atoms with Crippen molar-refractivity contribution in [2.24, 2.45) is 11.7 Å². The van der Waals surface area contributed by atoms with Crippen LogP contribution in [0.5, 0.6) is 0 Å². The largest absolute Gasteiger partial charge is 0.337 e. The van der Waals surface area contributed by atoms with Gasteiger partial charge in [0.15, 0.2) is 5.69 Å². The number of carbonyl (C=O) groups excluding carboxylic acids is 1. The number of likely N-dealkylation sites (tertiary alicyclic amines) is 1. The van der Waals surface area contributed by atoms with Crippen LogP contribution in [-0.2, 0) is 12.8 Å². The molecule has 1 aromatic heterocycles. The van der Waals surface area contributed by atoms with Gasteiger partial charge in [0, 0.05) is 30.4 Å². The van der Waals surface area contributed by atoms with Crippen molar-refractivity contribution in [1.29, 1.82) is 0 Å². The molecule has 144 valence electrons. The van der Waals surface area contributed by atoms with E-state index in [0.717, 1.165) is 55.5 Å². The molecular formula is C21H27FN4O. The molecule has 27 heavy (non-hydrogen) atoms. The van der Waals surface area contributed by atoms with Crippen LogP contribution in [0.2, 0.25) is 0 Å². The highest BCUT2D eigenvalue weighted by molar-refractivity contribution is 5.94. The SMILES string of the molecule is Cc1ccc(-n2nc(C(=O)N3CCCC(C(C)N)C3)c3c2CCC3)c(F)c1. The van der Waals surface area contributed by atoms with Crippen LogP contribution in [0.1, 0.15) is 53.5 Å². The highest BCUT2D eigenvalue weighted by Crippen LogP contribution is 2.30. The van der Waals surface area contributed by atoms with Gasteiger partial charge in [-0.3, -0.25) is 4.79 Å². The molecular weight excluding hydrogens is 343 g/mol. The fraction of sp³-hybridized carbons (Fsp3) is 0.524. The number of fused-ring (bicyclic) bond motifs is 1. The summed E-state index contributed by atoms with van der Waals surface area (Å²) in [4.78, 5) is 15.1. The molecule has 2 unspecified atom stereocenters. The Morgan fingerprint density at radius 1 is 1.33 bits per heavy atom. The molecule has 6 heteroatoms. The number of hydrogen-bond donors (Lipinski definition) is 1. The molecule has 1 fully saturated rings. The molecule has 0 radical (unpaired) electrons. The fourth-order valence-electron chi connectivity index (χ4n) is 4.37. The van der Waals surface area contributed by atoms with Gasteiger partial charge in [0.05, 0.1) is 0 Å². The molecule has 1 aromatic carbocycles. The van der Waals surface area contributed by atoms with Gasteiger partial charge in [-0.2, -0.15) is 5.10 Å². The third-order valence-electron chi connectivity index (χ3n) is 5.95. The van der Waals surface area contributed by atoms with E-state index in [9.17, 15) is 9.18 Å². The first-order valence-corrected chi connectivity index (χ1v) is 9.88. The number of nitrogens with two attached hydrogens (primary N) is 1. The molecule has 0 spiro atoms. The average Bonchev–Trinajstić information content (AvgIpc) is 3.24. The van der Waals surface area contributed by atoms with Crippen molar-refractivity contribution < 1.29 is 9.18 Å². The number of hydrogen-bond acceptors (Lipinski definition) is 3. The van der Waals surface area contributed by atoms with E-state index >= 15 is 0 Å². The maximum Gasteiger partial charge on any atom is 0.274 e. The van der Waals surface area contributed by atoms with E-state index in [0.29, 0.717) is 23.8 Å². The van der Waals surface area contributed by atoms with E-state index in [1.165, 1.54) is 6.07 Å². The first-order valence-electron chi connectivity index (χ1n) is 9.88. The predicted octanol–water partition coefficient (Wildman–Crippen LogP) is 3.01. The lowest BCUT2D eigenvalue weighted by molar-refractivity contribution is 0.0653. The Morgan fingerprint density at radius 2 is 2.15 bits per heavy atom. The lowest BCUT2D eigenvalue weighted by Gasteiger charge is -2.34. The molecule has 1 aliphatic carbocycles. The zero-order chi connectivity index (χ0) is 19.1. The first-order chi connectivity index (χ1) is 13.0. The Labute approximate surface area is 159 Å². The molecule has 0 bridgehead atoms. The van der Waals surface area contributed by atoms with Crippen molar-refractivity contribution in [2.45, 2.75) is 52.0 Å². The third-order valence-corrected chi connectivity index (χ3v) is 5.95. The highest BCUT2D eigenvalue weighted by atomic mass is 19.1. The maximum absolute atomic E-state index is 14.5. The van der Waals surface area contributed by atoms with Gasteiger partial charge in [-0.1, -0.05) is 6.07 Å². The van der Waals surface area contributed by atoms with Crippen LogP contribution in [-0.4, -0.2) is 39.7 Å². The van der Waals surface area contributed by atoms with Gasteiger partial charge in [0.1, 0.15) is 11.5 Å². The topological polar surface area (TPSA) is 64.2 Å². The van der Waals surface area contributed by atoms with Crippen molar-refractivity contribution in [1.82, 2.24) is 14.7 Å². The van der Waals surface area contributed by atoms with E-state index in [1.807, 2.05) is 24.8 Å². The zero-order valence-corrected chi connectivity index (χ0v) is 16.0. The smallest absolute Gasteiger partial charge is 0.274 e. The first kappa shape index (κ1) is 18.2. The molecule has 1 amide bonds. The summed E-state index contributed by atoms with van der Waals surface area (Å²) in [5.74, 6) is -0.0154. The molecule has 4 rings (SSSR count). The van der Waals surface area contributed by atoms with Crippen LogP contribution < -0.4 is 5.73 Å². The molecule has 2 aliphatic rings. The number of amides is 1. The summed E-state index contributed by atoms with van der Waals surface area (Å²) in [6, 6.07) is 5.21. The standard InChI is InChI=1S/C21H27FN4O/c1-13-8-9-19(17(22)11-13)26-18-7-3-6-16(18)20(24-26)21(27)25-10-4-5-15(12-25)14(2)23/h8-9,11,14-15H,3-7,10,12,23H2,1-2H3. The minimum absolute atomic E-state index is 0.0373. The number of benzene rings is 1. The lowest BCUT2D eigenvalue weighted by atomic mass is 9.92. The number of aryl methyl sites for hydroxylation is 1. The normalized spacial score (nSPS) is 20.6. The Morgan fingerprint density at radius 3 is 2.89 bits per heavy atom. The molecule has 0 saturated carbocycles. The Balaban J connectivity index is 1.69. The van der Waals surface area contributed by atoms with Gasteiger partial charge in [0.2, 0.25) is 0 Å². The van der Waals surface area contributed by atoms with Crippen LogP contribution in [0.15, 0.2) is 18.2 Å². The van der Waals surface area contributed by atoms with Crippen molar-refractivity contribution in [3.63, 3.8) is 0 Å². The number of nitrogens with zero attached hydrogens (tertiary/aromatic N) is 3. The number of aromatic nitrogens is 2. The molecule has 1 saturated heterocycles. The molecule has 1 aliphatic heterocycles. The fourth-order valence-corrected chi connectivity index (χ4v) is 4.37. The maximum atomic E-state index is 14.5. The van der Waals surface area contributed by atoms with Gasteiger partial charge < -0.3 is 10.6 Å². The van der Waals surface area contributed by atoms with Crippen LogP contribution in [0.4, 0.5) is 4.39 Å². The van der Waals surface area contributed by atoms with Crippen molar-refractivity contribution in [2.75, 3.05) is 13.1 Å². The lowest BCUT2D eigenvalue weighted by Crippen LogP contribution is -2.45. The number of carbonyl (C=O) groups is 1. The molecule has 2 heterocycles. The van der Waals surface area contributed by atoms with Crippen molar-refractivity contribution >= 4 is 5.91 Å². The van der Waals surface area contributed by atoms with Gasteiger partial charge in [-0.15, -0.1) is 0 Å². The molecule has 2 aromatic rings. The van der Waals surface area contributed by atoms with Gasteiger partial charge in [0.25, 0.3) is 5.91 Å². The minimum atomic E-state index is -0.304. The second-order valence-electron chi connectivity index (χ2n) is 8.01. The number of rotatable bonds is 3. The molecule has 2 N–H and O–H groups in total. The third kappa shape index (κ3) is 3.27. The quantitative estimate of drug-likeness (QED) is 0.903. The van der Waals surface area contributed by atoms with E-state index in [-0.39, 0.29) is 17.8 Å². The van der Waals surface area contributed by atoms with E-state index in [4.69, 9.17) is 5.73 Å². The van der Waals surface area contributed by atoms with Crippen molar-refractivity contribution in [3.05, 3.63) is 46.5 Å². The van der Waals surface area contributed by atoms with Crippen LogP contribution >= 0.6 is 0 Å². The minimum Gasteiger partial charge on any atom is -0.337 e. The monoisotopic (exact) mass is 370 g/mol. The van der Waals surface area contributed by atoms with Gasteiger partial charge in [-0.25, -0.2) is 9.07 Å². The summed E-state index contributed by atoms with van der Waals surface area (Å²) in [5, 5.41) is 4.59. The highest BCUT2D eigenvalue weighted by Gasteiger charge is 2.33. The summed E-state index contributed by atoms with van der Waals surface area (Å²) in [6.45, 7) is 5.28. The Kier molecular flexibility index (Phi) is 4.76. The Hall–Kier alpha value is -2.21. The van der Waals surface area contributed by atoms with Gasteiger partial charge in [-0.05, 0) is 69.6 Å². The summed E-state index contributed by atoms with van der Waals surface area (Å²) >= 11 is 0. The number of halogens is 1. The second-order valence-corrected chi connectivity index (χ2v) is 8.01. The Bertz CT molecular complexity index is 873. The summed E-state index contributed by atoms with van der Waals surface area (Å²) in [5.41, 5.74) is 9.81. The van der Waals surface area contributed by atoms with Gasteiger partial charge >= 0.3 is 0 Å². The molecule has 2 atom stereocenters. The van der Waals surface area contributed by atoms with Crippen LogP contribution in [0.3, 0.4) is 0 Å². The van der Waals surface area contributed by atoms with Crippen molar-refractivity contribution in [3.8, 4) is 5.69 Å².